The zero-order chi connectivity index (χ0) is 9.56. The minimum Gasteiger partial charge on any atom is -0.480 e. The molecule has 0 aliphatic rings. The first-order valence-electron chi connectivity index (χ1n) is 3.65. The number of nitrogens with two attached hydrogens (primary N) is 1. The highest BCUT2D eigenvalue weighted by molar-refractivity contribution is 5.78. The summed E-state index contributed by atoms with van der Waals surface area (Å²) >= 11 is 0. The van der Waals surface area contributed by atoms with Crippen LogP contribution in [0, 0.1) is 0 Å². The molecule has 0 radical (unpaired) electrons. The van der Waals surface area contributed by atoms with E-state index in [0.717, 1.165) is 5.71 Å². The molecule has 3 N–H and O–H groups in total. The van der Waals surface area contributed by atoms with Gasteiger partial charge in [0.25, 0.3) is 0 Å². The molecule has 0 spiro atoms. The third kappa shape index (κ3) is 5.67. The Kier molecular flexibility index (Phi) is 5.03. The lowest BCUT2D eigenvalue weighted by atomic mass is 10.2. The molecule has 70 valence electrons. The maximum Gasteiger partial charge on any atom is 0.320 e. The van der Waals surface area contributed by atoms with Gasteiger partial charge in [0.1, 0.15) is 12.6 Å². The first kappa shape index (κ1) is 10.9. The van der Waals surface area contributed by atoms with E-state index in [0.29, 0.717) is 0 Å². The molecular formula is C7H14N2O3. The number of nitrogens with zero attached hydrogens (tertiary/aromatic N) is 1. The molecule has 0 unspecified atom stereocenters. The summed E-state index contributed by atoms with van der Waals surface area (Å²) in [7, 11) is 0. The van der Waals surface area contributed by atoms with Crippen molar-refractivity contribution in [1.82, 2.24) is 0 Å². The van der Waals surface area contributed by atoms with Gasteiger partial charge in [0.2, 0.25) is 0 Å². The van der Waals surface area contributed by atoms with E-state index in [2.05, 4.69) is 5.16 Å². The topological polar surface area (TPSA) is 84.9 Å². The summed E-state index contributed by atoms with van der Waals surface area (Å²) in [4.78, 5) is 15.0. The summed E-state index contributed by atoms with van der Waals surface area (Å²) in [6.07, 6.45) is 0.270. The quantitative estimate of drug-likeness (QED) is 0.354. The average Bonchev–Trinajstić information content (AvgIpc) is 1.97. The largest absolute Gasteiger partial charge is 0.480 e. The Bertz CT molecular complexity index is 175. The number of carboxylic acids is 1. The van der Waals surface area contributed by atoms with Crippen LogP contribution in [0.5, 0.6) is 0 Å². The number of oxime groups is 1. The normalized spacial score (nSPS) is 11.9. The number of carbonyl (C=O) groups is 1. The molecule has 5 nitrogen and oxygen atoms in total. The molecule has 0 aliphatic heterocycles. The highest BCUT2D eigenvalue weighted by atomic mass is 16.6. The van der Waals surface area contributed by atoms with Crippen LogP contribution in [0.15, 0.2) is 5.16 Å². The summed E-state index contributed by atoms with van der Waals surface area (Å²) in [5.74, 6) is -1.02. The monoisotopic (exact) mass is 174 g/mol. The van der Waals surface area contributed by atoms with Gasteiger partial charge >= 0.3 is 5.97 Å². The van der Waals surface area contributed by atoms with Crippen LogP contribution in [0.2, 0.25) is 0 Å². The van der Waals surface area contributed by atoms with Gasteiger partial charge in [0, 0.05) is 6.42 Å². The number of aliphatic carboxylic acids is 1. The molecule has 5 heteroatoms. The average molecular weight is 174 g/mol. The molecule has 0 aromatic heterocycles. The van der Waals surface area contributed by atoms with Crippen LogP contribution >= 0.6 is 0 Å². The van der Waals surface area contributed by atoms with Crippen LogP contribution in [0.1, 0.15) is 20.3 Å². The number of hydrogen-bond acceptors (Lipinski definition) is 4. The molecule has 0 heterocycles. The van der Waals surface area contributed by atoms with Gasteiger partial charge in [-0.3, -0.25) is 4.79 Å². The van der Waals surface area contributed by atoms with Gasteiger partial charge in [-0.15, -0.1) is 0 Å². The van der Waals surface area contributed by atoms with Gasteiger partial charge in [-0.1, -0.05) is 5.16 Å². The van der Waals surface area contributed by atoms with Crippen molar-refractivity contribution in [2.45, 2.75) is 26.3 Å². The van der Waals surface area contributed by atoms with Crippen LogP contribution in [-0.2, 0) is 9.63 Å². The van der Waals surface area contributed by atoms with Crippen LogP contribution < -0.4 is 5.73 Å². The van der Waals surface area contributed by atoms with E-state index < -0.39 is 12.0 Å². The smallest absolute Gasteiger partial charge is 0.320 e. The van der Waals surface area contributed by atoms with E-state index in [9.17, 15) is 4.79 Å². The van der Waals surface area contributed by atoms with E-state index in [1.807, 2.05) is 0 Å². The predicted octanol–water partition coefficient (Wildman–Crippen LogP) is 0.201. The molecule has 1 atom stereocenters. The molecule has 0 fully saturated rings. The first-order valence-corrected chi connectivity index (χ1v) is 3.65. The maximum absolute atomic E-state index is 10.2. The third-order valence-corrected chi connectivity index (χ3v) is 1.08. The zero-order valence-corrected chi connectivity index (χ0v) is 7.28. The molecule has 0 aliphatic carbocycles. The molecule has 0 rings (SSSR count). The van der Waals surface area contributed by atoms with Gasteiger partial charge in [-0.05, 0) is 13.8 Å². The fourth-order valence-electron chi connectivity index (χ4n) is 0.478. The van der Waals surface area contributed by atoms with Crippen LogP contribution in [0.3, 0.4) is 0 Å². The second kappa shape index (κ2) is 5.54. The van der Waals surface area contributed by atoms with Crippen molar-refractivity contribution in [3.63, 3.8) is 0 Å². The number of rotatable bonds is 5. The van der Waals surface area contributed by atoms with Crippen LogP contribution in [0.25, 0.3) is 0 Å². The molecule has 0 saturated carbocycles. The summed E-state index contributed by atoms with van der Waals surface area (Å²) in [6.45, 7) is 3.81. The van der Waals surface area contributed by atoms with Gasteiger partial charge in [-0.25, -0.2) is 0 Å². The molecule has 0 amide bonds. The minimum absolute atomic E-state index is 0.235. The van der Waals surface area contributed by atoms with Gasteiger partial charge < -0.3 is 15.7 Å². The van der Waals surface area contributed by atoms with Crippen molar-refractivity contribution >= 4 is 11.7 Å². The lowest BCUT2D eigenvalue weighted by Gasteiger charge is -2.04. The van der Waals surface area contributed by atoms with E-state index in [1.54, 1.807) is 13.8 Å². The summed E-state index contributed by atoms with van der Waals surface area (Å²) < 4.78 is 0. The van der Waals surface area contributed by atoms with Crippen molar-refractivity contribution in [3.8, 4) is 0 Å². The van der Waals surface area contributed by atoms with Crippen molar-refractivity contribution < 1.29 is 14.7 Å². The van der Waals surface area contributed by atoms with Crippen molar-refractivity contribution in [2.75, 3.05) is 6.61 Å². The molecule has 0 aromatic rings. The highest BCUT2D eigenvalue weighted by Crippen LogP contribution is 1.90. The fraction of sp³-hybridized carbons (Fsp3) is 0.714. The Morgan fingerprint density at radius 1 is 1.67 bits per heavy atom. The minimum atomic E-state index is -1.02. The van der Waals surface area contributed by atoms with Gasteiger partial charge in [0.05, 0.1) is 5.71 Å². The van der Waals surface area contributed by atoms with E-state index in [4.69, 9.17) is 15.7 Å². The SMILES string of the molecule is CC(C)=NOCC[C@H](N)C(=O)O. The van der Waals surface area contributed by atoms with Crippen molar-refractivity contribution in [3.05, 3.63) is 0 Å². The Morgan fingerprint density at radius 3 is 2.67 bits per heavy atom. The standard InChI is InChI=1S/C7H14N2O3/c1-5(2)9-12-4-3-6(8)7(10)11/h6H,3-4,8H2,1-2H3,(H,10,11)/t6-/m0/s1. The molecule has 12 heavy (non-hydrogen) atoms. The van der Waals surface area contributed by atoms with Crippen LogP contribution in [-0.4, -0.2) is 29.4 Å². The van der Waals surface area contributed by atoms with Crippen LogP contribution in [0.4, 0.5) is 0 Å². The van der Waals surface area contributed by atoms with Crippen molar-refractivity contribution in [1.29, 1.82) is 0 Å². The van der Waals surface area contributed by atoms with E-state index in [1.165, 1.54) is 0 Å². The molecular weight excluding hydrogens is 160 g/mol. The summed E-state index contributed by atoms with van der Waals surface area (Å²) in [5, 5.41) is 12.0. The zero-order valence-electron chi connectivity index (χ0n) is 7.28. The first-order chi connectivity index (χ1) is 5.54. The summed E-state index contributed by atoms with van der Waals surface area (Å²) in [6, 6.07) is -0.864. The lowest BCUT2D eigenvalue weighted by molar-refractivity contribution is -0.139. The predicted molar refractivity (Wildman–Crippen MR) is 45.0 cm³/mol. The van der Waals surface area contributed by atoms with E-state index in [-0.39, 0.29) is 13.0 Å². The fourth-order valence-corrected chi connectivity index (χ4v) is 0.478. The Morgan fingerprint density at radius 2 is 2.25 bits per heavy atom. The molecule has 0 saturated heterocycles. The van der Waals surface area contributed by atoms with Gasteiger partial charge in [0.15, 0.2) is 0 Å². The van der Waals surface area contributed by atoms with Crippen molar-refractivity contribution in [2.24, 2.45) is 10.9 Å². The highest BCUT2D eigenvalue weighted by Gasteiger charge is 2.10. The Labute approximate surface area is 71.2 Å². The Hall–Kier alpha value is -1.10. The third-order valence-electron chi connectivity index (χ3n) is 1.08. The summed E-state index contributed by atoms with van der Waals surface area (Å²) in [5.41, 5.74) is 6.00. The van der Waals surface area contributed by atoms with Gasteiger partial charge in [-0.2, -0.15) is 0 Å². The van der Waals surface area contributed by atoms with E-state index >= 15 is 0 Å². The lowest BCUT2D eigenvalue weighted by Crippen LogP contribution is -2.31. The second-order valence-electron chi connectivity index (χ2n) is 2.61. The maximum atomic E-state index is 10.2. The second-order valence-corrected chi connectivity index (χ2v) is 2.61. The number of carboxylic acid groups (broad SMARTS) is 1. The Balaban J connectivity index is 3.44. The number of hydrogen-bond donors (Lipinski definition) is 2. The molecule has 0 aromatic carbocycles. The molecule has 0 bridgehead atoms.